The average molecular weight is 507 g/mol. The van der Waals surface area contributed by atoms with E-state index in [1.54, 1.807) is 18.3 Å². The normalized spacial score (nSPS) is 14.6. The zero-order valence-corrected chi connectivity index (χ0v) is 20.9. The molecular weight excluding hydrogens is 476 g/mol. The second kappa shape index (κ2) is 12.6. The minimum absolute atomic E-state index is 0.0949. The van der Waals surface area contributed by atoms with E-state index in [2.05, 4.69) is 36.8 Å². The molecule has 1 saturated heterocycles. The number of nitrogens with two attached hydrogens (primary N) is 1. The number of aromatic nitrogens is 2. The van der Waals surface area contributed by atoms with E-state index >= 15 is 0 Å². The lowest BCUT2D eigenvalue weighted by Crippen LogP contribution is -2.46. The maximum atomic E-state index is 10.9. The highest BCUT2D eigenvalue weighted by Gasteiger charge is 2.19. The van der Waals surface area contributed by atoms with E-state index in [1.807, 2.05) is 12.1 Å². The monoisotopic (exact) mass is 506 g/mol. The first-order chi connectivity index (χ1) is 16.4. The van der Waals surface area contributed by atoms with Gasteiger partial charge in [0, 0.05) is 57.0 Å². The molecule has 0 spiro atoms. The molecule has 1 aliphatic heterocycles. The third kappa shape index (κ3) is 7.12. The number of nitro groups is 1. The number of nitrogens with one attached hydrogen (secondary N) is 1. The Bertz CT molecular complexity index is 1000. The van der Waals surface area contributed by atoms with E-state index in [0.717, 1.165) is 82.2 Å². The number of nitro benzene ring substituents is 1. The first-order valence-corrected chi connectivity index (χ1v) is 12.2. The zero-order chi connectivity index (χ0) is 24.5. The number of hydrazone groups is 1. The molecule has 0 aliphatic carbocycles. The van der Waals surface area contributed by atoms with Gasteiger partial charge in [-0.05, 0) is 43.7 Å². The van der Waals surface area contributed by atoms with Crippen molar-refractivity contribution in [3.63, 3.8) is 0 Å². The molecule has 12 heteroatoms. The van der Waals surface area contributed by atoms with Crippen molar-refractivity contribution in [1.82, 2.24) is 19.9 Å². The largest absolute Gasteiger partial charge is 0.375 e. The SMILES string of the molecule is CCCCc1nc(Cl)c(/C=N/NC(N)=S)n1CCCN1CCN(c2ccc([N+](=O)[O-])cc2)CC1. The molecule has 0 saturated carbocycles. The maximum absolute atomic E-state index is 10.9. The van der Waals surface area contributed by atoms with E-state index in [1.165, 1.54) is 0 Å². The summed E-state index contributed by atoms with van der Waals surface area (Å²) in [6.45, 7) is 7.56. The van der Waals surface area contributed by atoms with Gasteiger partial charge in [0.15, 0.2) is 10.3 Å². The minimum Gasteiger partial charge on any atom is -0.375 e. The van der Waals surface area contributed by atoms with Gasteiger partial charge in [-0.1, -0.05) is 24.9 Å². The Labute approximate surface area is 209 Å². The van der Waals surface area contributed by atoms with Gasteiger partial charge in [0.2, 0.25) is 0 Å². The molecule has 0 radical (unpaired) electrons. The van der Waals surface area contributed by atoms with Gasteiger partial charge in [0.1, 0.15) is 11.5 Å². The number of rotatable bonds is 11. The van der Waals surface area contributed by atoms with Crippen LogP contribution in [0.1, 0.15) is 37.7 Å². The van der Waals surface area contributed by atoms with Crippen LogP contribution in [0.25, 0.3) is 0 Å². The number of aryl methyl sites for hydroxylation is 1. The Morgan fingerprint density at radius 2 is 1.97 bits per heavy atom. The Morgan fingerprint density at radius 1 is 1.26 bits per heavy atom. The summed E-state index contributed by atoms with van der Waals surface area (Å²) in [6, 6.07) is 6.77. The number of piperazine rings is 1. The molecular formula is C22H31ClN8O2S. The number of benzene rings is 1. The Kier molecular flexibility index (Phi) is 9.61. The summed E-state index contributed by atoms with van der Waals surface area (Å²) >= 11 is 11.2. The van der Waals surface area contributed by atoms with Gasteiger partial charge in [-0.15, -0.1) is 0 Å². The van der Waals surface area contributed by atoms with Crippen LogP contribution in [0.15, 0.2) is 29.4 Å². The molecule has 10 nitrogen and oxygen atoms in total. The van der Waals surface area contributed by atoms with Gasteiger partial charge in [0.05, 0.1) is 11.1 Å². The zero-order valence-electron chi connectivity index (χ0n) is 19.3. The summed E-state index contributed by atoms with van der Waals surface area (Å²) in [6.07, 6.45) is 5.55. The molecule has 0 unspecified atom stereocenters. The number of thiocarbonyl (C=S) groups is 1. The van der Waals surface area contributed by atoms with Gasteiger partial charge < -0.3 is 15.2 Å². The Morgan fingerprint density at radius 3 is 2.59 bits per heavy atom. The molecule has 1 fully saturated rings. The van der Waals surface area contributed by atoms with Crippen molar-refractivity contribution in [3.05, 3.63) is 51.1 Å². The molecule has 3 rings (SSSR count). The number of halogens is 1. The number of unbranched alkanes of at least 4 members (excludes halogenated alkanes) is 1. The molecule has 2 heterocycles. The molecule has 0 atom stereocenters. The molecule has 1 aromatic carbocycles. The van der Waals surface area contributed by atoms with Crippen molar-refractivity contribution in [2.45, 2.75) is 39.2 Å². The van der Waals surface area contributed by atoms with Crippen LogP contribution in [0, 0.1) is 10.1 Å². The highest BCUT2D eigenvalue weighted by molar-refractivity contribution is 7.80. The smallest absolute Gasteiger partial charge is 0.269 e. The van der Waals surface area contributed by atoms with E-state index < -0.39 is 0 Å². The third-order valence-electron chi connectivity index (χ3n) is 5.81. The molecule has 1 aromatic heterocycles. The van der Waals surface area contributed by atoms with E-state index in [4.69, 9.17) is 29.6 Å². The number of anilines is 1. The maximum Gasteiger partial charge on any atom is 0.269 e. The number of non-ortho nitro benzene ring substituents is 1. The summed E-state index contributed by atoms with van der Waals surface area (Å²) in [7, 11) is 0. The molecule has 0 bridgehead atoms. The lowest BCUT2D eigenvalue weighted by Gasteiger charge is -2.36. The van der Waals surface area contributed by atoms with Gasteiger partial charge in [-0.25, -0.2) is 4.98 Å². The summed E-state index contributed by atoms with van der Waals surface area (Å²) in [5.74, 6) is 0.964. The van der Waals surface area contributed by atoms with Crippen LogP contribution in [-0.2, 0) is 13.0 Å². The molecule has 0 amide bonds. The van der Waals surface area contributed by atoms with Crippen LogP contribution in [0.3, 0.4) is 0 Å². The molecule has 3 N–H and O–H groups in total. The average Bonchev–Trinajstić information content (AvgIpc) is 3.12. The lowest BCUT2D eigenvalue weighted by atomic mass is 10.2. The molecule has 2 aromatic rings. The number of hydrogen-bond donors (Lipinski definition) is 2. The van der Waals surface area contributed by atoms with Crippen LogP contribution in [0.4, 0.5) is 11.4 Å². The first kappa shape index (κ1) is 25.9. The predicted octanol–water partition coefficient (Wildman–Crippen LogP) is 3.17. The number of imidazole rings is 1. The standard InChI is InChI=1S/C22H31ClN8O2S/c1-2-3-5-20-26-21(23)19(16-25-27-22(24)34)30(20)11-4-10-28-12-14-29(15-13-28)17-6-8-18(9-7-17)31(32)33/h6-9,16H,2-5,10-15H2,1H3,(H3,24,27,34)/b25-16+. The van der Waals surface area contributed by atoms with E-state index in [0.29, 0.717) is 5.15 Å². The van der Waals surface area contributed by atoms with Crippen LogP contribution >= 0.6 is 23.8 Å². The van der Waals surface area contributed by atoms with Gasteiger partial charge >= 0.3 is 0 Å². The fourth-order valence-corrected chi connectivity index (χ4v) is 4.30. The number of hydrogen-bond acceptors (Lipinski definition) is 7. The summed E-state index contributed by atoms with van der Waals surface area (Å²) in [5, 5.41) is 15.4. The van der Waals surface area contributed by atoms with Crippen molar-refractivity contribution in [2.75, 3.05) is 37.6 Å². The van der Waals surface area contributed by atoms with Gasteiger partial charge in [-0.2, -0.15) is 5.10 Å². The van der Waals surface area contributed by atoms with Crippen LogP contribution in [0.5, 0.6) is 0 Å². The lowest BCUT2D eigenvalue weighted by molar-refractivity contribution is -0.384. The van der Waals surface area contributed by atoms with Gasteiger partial charge in [-0.3, -0.25) is 20.4 Å². The summed E-state index contributed by atoms with van der Waals surface area (Å²) in [4.78, 5) is 19.7. The number of nitrogens with zero attached hydrogens (tertiary/aromatic N) is 6. The Balaban J connectivity index is 1.55. The third-order valence-corrected chi connectivity index (χ3v) is 6.18. The topological polar surface area (TPSA) is 118 Å². The van der Waals surface area contributed by atoms with Crippen molar-refractivity contribution in [2.24, 2.45) is 10.8 Å². The summed E-state index contributed by atoms with van der Waals surface area (Å²) < 4.78 is 2.13. The quantitative estimate of drug-likeness (QED) is 0.206. The van der Waals surface area contributed by atoms with Crippen LogP contribution in [0.2, 0.25) is 5.15 Å². The Hall–Kier alpha value is -2.76. The molecule has 184 valence electrons. The fourth-order valence-electron chi connectivity index (χ4n) is 4.00. The van der Waals surface area contributed by atoms with Crippen LogP contribution < -0.4 is 16.1 Å². The van der Waals surface area contributed by atoms with E-state index in [9.17, 15) is 10.1 Å². The van der Waals surface area contributed by atoms with Crippen molar-refractivity contribution >= 4 is 46.5 Å². The van der Waals surface area contributed by atoms with Crippen molar-refractivity contribution in [1.29, 1.82) is 0 Å². The van der Waals surface area contributed by atoms with Crippen molar-refractivity contribution in [3.8, 4) is 0 Å². The molecule has 34 heavy (non-hydrogen) atoms. The second-order valence-corrected chi connectivity index (χ2v) is 8.95. The van der Waals surface area contributed by atoms with Crippen LogP contribution in [-0.4, -0.2) is 63.4 Å². The first-order valence-electron chi connectivity index (χ1n) is 11.4. The highest BCUT2D eigenvalue weighted by atomic mass is 35.5. The minimum atomic E-state index is -0.371. The second-order valence-electron chi connectivity index (χ2n) is 8.15. The molecule has 1 aliphatic rings. The van der Waals surface area contributed by atoms with E-state index in [-0.39, 0.29) is 15.7 Å². The van der Waals surface area contributed by atoms with Crippen molar-refractivity contribution < 1.29 is 4.92 Å². The van der Waals surface area contributed by atoms with Gasteiger partial charge in [0.25, 0.3) is 5.69 Å². The summed E-state index contributed by atoms with van der Waals surface area (Å²) in [5.41, 5.74) is 9.90. The predicted molar refractivity (Wildman–Crippen MR) is 140 cm³/mol. The highest BCUT2D eigenvalue weighted by Crippen LogP contribution is 2.21. The fraction of sp³-hybridized carbons (Fsp3) is 0.500.